The predicted molar refractivity (Wildman–Crippen MR) is 44.7 cm³/mol. The second kappa shape index (κ2) is 3.57. The van der Waals surface area contributed by atoms with Crippen molar-refractivity contribution in [3.05, 3.63) is 23.8 Å². The van der Waals surface area contributed by atoms with Gasteiger partial charge in [0.25, 0.3) is 0 Å². The molecule has 1 atom stereocenters. The highest BCUT2D eigenvalue weighted by Gasteiger charge is 2.01. The Morgan fingerprint density at radius 3 is 3.00 bits per heavy atom. The van der Waals surface area contributed by atoms with Crippen LogP contribution in [0.25, 0.3) is 0 Å². The molecule has 0 heterocycles. The van der Waals surface area contributed by atoms with Crippen LogP contribution in [0, 0.1) is 0 Å². The third-order valence-corrected chi connectivity index (χ3v) is 1.75. The van der Waals surface area contributed by atoms with Crippen LogP contribution in [0.2, 0.25) is 0 Å². The third-order valence-electron chi connectivity index (χ3n) is 1.75. The van der Waals surface area contributed by atoms with Crippen LogP contribution in [0.1, 0.15) is 26.2 Å². The molecule has 0 spiro atoms. The fraction of sp³-hybridized carbons (Fsp3) is 0.556. The number of nitrogens with two attached hydrogens (primary N) is 1. The molecular weight excluding hydrogens is 122 g/mol. The fourth-order valence-electron chi connectivity index (χ4n) is 1.16. The summed E-state index contributed by atoms with van der Waals surface area (Å²) in [5.41, 5.74) is 7.11. The van der Waals surface area contributed by atoms with Crippen molar-refractivity contribution >= 4 is 0 Å². The molecule has 0 saturated carbocycles. The standard InChI is InChI=1S/C9H15N/c1-2-3-8-4-6-9(10)7-5-8/h4-6,9H,2-3,7,10H2,1H3/t9-/m0/s1. The Bertz CT molecular complexity index is 156. The Balaban J connectivity index is 2.42. The van der Waals surface area contributed by atoms with Gasteiger partial charge in [-0.05, 0) is 12.8 Å². The summed E-state index contributed by atoms with van der Waals surface area (Å²) in [6.07, 6.45) is 9.93. The van der Waals surface area contributed by atoms with Crippen LogP contribution in [0.15, 0.2) is 23.8 Å². The molecule has 0 aliphatic heterocycles. The van der Waals surface area contributed by atoms with Gasteiger partial charge in [-0.15, -0.1) is 0 Å². The van der Waals surface area contributed by atoms with Gasteiger partial charge in [0.05, 0.1) is 0 Å². The molecule has 10 heavy (non-hydrogen) atoms. The number of hydrogen-bond donors (Lipinski definition) is 1. The van der Waals surface area contributed by atoms with Crippen molar-refractivity contribution in [1.29, 1.82) is 0 Å². The van der Waals surface area contributed by atoms with Crippen LogP contribution in [-0.4, -0.2) is 6.04 Å². The normalized spacial score (nSPS) is 24.6. The first-order valence-electron chi connectivity index (χ1n) is 3.95. The largest absolute Gasteiger partial charge is 0.324 e. The molecule has 0 unspecified atom stereocenters. The molecule has 1 aliphatic rings. The smallest absolute Gasteiger partial charge is 0.0262 e. The van der Waals surface area contributed by atoms with E-state index in [-0.39, 0.29) is 6.04 Å². The second-order valence-electron chi connectivity index (χ2n) is 2.79. The Morgan fingerprint density at radius 2 is 2.50 bits per heavy atom. The summed E-state index contributed by atoms with van der Waals surface area (Å²) < 4.78 is 0. The summed E-state index contributed by atoms with van der Waals surface area (Å²) in [6, 6.07) is 0.264. The molecule has 0 radical (unpaired) electrons. The van der Waals surface area contributed by atoms with Gasteiger partial charge >= 0.3 is 0 Å². The van der Waals surface area contributed by atoms with E-state index in [1.807, 2.05) is 0 Å². The average Bonchev–Trinajstić information content (AvgIpc) is 1.95. The minimum absolute atomic E-state index is 0.264. The number of rotatable bonds is 2. The van der Waals surface area contributed by atoms with Crippen molar-refractivity contribution in [2.45, 2.75) is 32.2 Å². The van der Waals surface area contributed by atoms with Crippen LogP contribution in [-0.2, 0) is 0 Å². The maximum absolute atomic E-state index is 5.66. The van der Waals surface area contributed by atoms with Gasteiger partial charge < -0.3 is 5.73 Å². The van der Waals surface area contributed by atoms with E-state index in [9.17, 15) is 0 Å². The van der Waals surface area contributed by atoms with E-state index < -0.39 is 0 Å². The van der Waals surface area contributed by atoms with E-state index in [0.717, 1.165) is 6.42 Å². The summed E-state index contributed by atoms with van der Waals surface area (Å²) in [5.74, 6) is 0. The minimum Gasteiger partial charge on any atom is -0.324 e. The summed E-state index contributed by atoms with van der Waals surface area (Å²) in [4.78, 5) is 0. The van der Waals surface area contributed by atoms with Crippen LogP contribution >= 0.6 is 0 Å². The molecule has 0 aromatic heterocycles. The van der Waals surface area contributed by atoms with Gasteiger partial charge in [0, 0.05) is 6.04 Å². The van der Waals surface area contributed by atoms with Gasteiger partial charge in [-0.25, -0.2) is 0 Å². The molecule has 1 nitrogen and oxygen atoms in total. The summed E-state index contributed by atoms with van der Waals surface area (Å²) in [5, 5.41) is 0. The monoisotopic (exact) mass is 137 g/mol. The van der Waals surface area contributed by atoms with E-state index in [4.69, 9.17) is 5.73 Å². The molecule has 1 heteroatoms. The van der Waals surface area contributed by atoms with Gasteiger partial charge in [0.1, 0.15) is 0 Å². The van der Waals surface area contributed by atoms with Crippen LogP contribution < -0.4 is 5.73 Å². The zero-order chi connectivity index (χ0) is 7.40. The number of hydrogen-bond acceptors (Lipinski definition) is 1. The molecule has 2 N–H and O–H groups in total. The van der Waals surface area contributed by atoms with Gasteiger partial charge in [-0.3, -0.25) is 0 Å². The summed E-state index contributed by atoms with van der Waals surface area (Å²) in [7, 11) is 0. The fourth-order valence-corrected chi connectivity index (χ4v) is 1.16. The Kier molecular flexibility index (Phi) is 2.69. The van der Waals surface area contributed by atoms with Crippen molar-refractivity contribution in [2.24, 2.45) is 5.73 Å². The van der Waals surface area contributed by atoms with Crippen molar-refractivity contribution in [3.8, 4) is 0 Å². The van der Waals surface area contributed by atoms with E-state index in [2.05, 4.69) is 25.2 Å². The highest BCUT2D eigenvalue weighted by atomic mass is 14.6. The van der Waals surface area contributed by atoms with Crippen LogP contribution in [0.4, 0.5) is 0 Å². The predicted octanol–water partition coefficient (Wildman–Crippen LogP) is 2.00. The number of allylic oxidation sites excluding steroid dienone is 2. The zero-order valence-electron chi connectivity index (χ0n) is 6.51. The molecule has 0 amide bonds. The molecule has 56 valence electrons. The topological polar surface area (TPSA) is 26.0 Å². The SMILES string of the molecule is CCCC1=CC[C@@H](N)C=C1. The van der Waals surface area contributed by atoms with Gasteiger partial charge in [0.2, 0.25) is 0 Å². The van der Waals surface area contributed by atoms with Crippen LogP contribution in [0.3, 0.4) is 0 Å². The van der Waals surface area contributed by atoms with Gasteiger partial charge in [-0.1, -0.05) is 37.1 Å². The van der Waals surface area contributed by atoms with E-state index in [1.54, 1.807) is 0 Å². The second-order valence-corrected chi connectivity index (χ2v) is 2.79. The van der Waals surface area contributed by atoms with Gasteiger partial charge in [0.15, 0.2) is 0 Å². The van der Waals surface area contributed by atoms with Crippen LogP contribution in [0.5, 0.6) is 0 Å². The molecule has 0 saturated heterocycles. The van der Waals surface area contributed by atoms with Gasteiger partial charge in [-0.2, -0.15) is 0 Å². The lowest BCUT2D eigenvalue weighted by molar-refractivity contribution is 0.800. The van der Waals surface area contributed by atoms with Crippen molar-refractivity contribution in [1.82, 2.24) is 0 Å². The molecule has 0 aromatic rings. The van der Waals surface area contributed by atoms with Crippen molar-refractivity contribution in [3.63, 3.8) is 0 Å². The summed E-state index contributed by atoms with van der Waals surface area (Å²) in [6.45, 7) is 2.20. The highest BCUT2D eigenvalue weighted by molar-refractivity contribution is 5.24. The Labute approximate surface area is 62.6 Å². The molecule has 0 bridgehead atoms. The Morgan fingerprint density at radius 1 is 1.70 bits per heavy atom. The minimum atomic E-state index is 0.264. The summed E-state index contributed by atoms with van der Waals surface area (Å²) >= 11 is 0. The maximum Gasteiger partial charge on any atom is 0.0262 e. The molecule has 1 rings (SSSR count). The Hall–Kier alpha value is -0.560. The quantitative estimate of drug-likeness (QED) is 0.619. The maximum atomic E-state index is 5.66. The molecule has 0 fully saturated rings. The third kappa shape index (κ3) is 1.99. The van der Waals surface area contributed by atoms with E-state index in [0.29, 0.717) is 0 Å². The first-order valence-corrected chi connectivity index (χ1v) is 3.95. The average molecular weight is 137 g/mol. The lowest BCUT2D eigenvalue weighted by Gasteiger charge is -2.10. The van der Waals surface area contributed by atoms with E-state index >= 15 is 0 Å². The lowest BCUT2D eigenvalue weighted by atomic mass is 10.0. The van der Waals surface area contributed by atoms with E-state index in [1.165, 1.54) is 18.4 Å². The zero-order valence-corrected chi connectivity index (χ0v) is 6.51. The highest BCUT2D eigenvalue weighted by Crippen LogP contribution is 2.13. The molecule has 1 aliphatic carbocycles. The molecule has 0 aromatic carbocycles. The molecular formula is C9H15N. The van der Waals surface area contributed by atoms with Crippen molar-refractivity contribution < 1.29 is 0 Å². The van der Waals surface area contributed by atoms with Crippen molar-refractivity contribution in [2.75, 3.05) is 0 Å². The first kappa shape index (κ1) is 7.55. The lowest BCUT2D eigenvalue weighted by Crippen LogP contribution is -2.17. The first-order chi connectivity index (χ1) is 4.83.